The second kappa shape index (κ2) is 8.45. The Balaban J connectivity index is 1.78. The number of carbonyl (C=O) groups is 1. The van der Waals surface area contributed by atoms with Gasteiger partial charge in [-0.25, -0.2) is 8.42 Å². The van der Waals surface area contributed by atoms with Gasteiger partial charge in [0.1, 0.15) is 5.01 Å². The zero-order valence-electron chi connectivity index (χ0n) is 15.5. The molecule has 0 spiro atoms. The highest BCUT2D eigenvalue weighted by Crippen LogP contribution is 2.24. The van der Waals surface area contributed by atoms with Gasteiger partial charge in [-0.05, 0) is 31.0 Å². The Kier molecular flexibility index (Phi) is 6.23. The topological polar surface area (TPSA) is 92.3 Å². The fraction of sp³-hybridized carbons (Fsp3) is 0.500. The van der Waals surface area contributed by atoms with Crippen molar-refractivity contribution in [2.45, 2.75) is 50.3 Å². The molecule has 2 aromatic rings. The molecule has 1 amide bonds. The molecule has 146 valence electrons. The van der Waals surface area contributed by atoms with Crippen LogP contribution in [0.4, 0.5) is 5.13 Å². The predicted octanol–water partition coefficient (Wildman–Crippen LogP) is 3.48. The van der Waals surface area contributed by atoms with Crippen LogP contribution in [-0.4, -0.2) is 41.9 Å². The van der Waals surface area contributed by atoms with E-state index in [0.29, 0.717) is 18.2 Å². The first-order valence-electron chi connectivity index (χ1n) is 9.13. The minimum absolute atomic E-state index is 0.150. The van der Waals surface area contributed by atoms with Crippen molar-refractivity contribution in [1.82, 2.24) is 14.5 Å². The molecule has 1 aromatic carbocycles. The van der Waals surface area contributed by atoms with Gasteiger partial charge in [-0.1, -0.05) is 44.1 Å². The lowest BCUT2D eigenvalue weighted by Gasteiger charge is -2.20. The van der Waals surface area contributed by atoms with Crippen LogP contribution in [-0.2, 0) is 10.0 Å². The maximum Gasteiger partial charge on any atom is 0.257 e. The minimum Gasteiger partial charge on any atom is -0.296 e. The molecule has 1 aliphatic heterocycles. The van der Waals surface area contributed by atoms with Crippen LogP contribution in [0.2, 0.25) is 0 Å². The second-order valence-corrected chi connectivity index (χ2v) is 9.85. The van der Waals surface area contributed by atoms with Crippen molar-refractivity contribution in [1.29, 1.82) is 0 Å². The van der Waals surface area contributed by atoms with Crippen molar-refractivity contribution < 1.29 is 13.2 Å². The second-order valence-electron chi connectivity index (χ2n) is 6.90. The van der Waals surface area contributed by atoms with Crippen LogP contribution in [0.25, 0.3) is 0 Å². The summed E-state index contributed by atoms with van der Waals surface area (Å²) in [7, 11) is -3.59. The van der Waals surface area contributed by atoms with Gasteiger partial charge < -0.3 is 0 Å². The van der Waals surface area contributed by atoms with Gasteiger partial charge >= 0.3 is 0 Å². The maximum absolute atomic E-state index is 12.9. The van der Waals surface area contributed by atoms with Crippen molar-refractivity contribution in [2.75, 3.05) is 18.4 Å². The molecule has 0 radical (unpaired) electrons. The molecular weight excluding hydrogens is 384 g/mol. The first kappa shape index (κ1) is 19.9. The zero-order valence-corrected chi connectivity index (χ0v) is 17.1. The normalized spacial score (nSPS) is 16.3. The van der Waals surface area contributed by atoms with Crippen LogP contribution >= 0.6 is 11.3 Å². The lowest BCUT2D eigenvalue weighted by molar-refractivity contribution is 0.102. The Morgan fingerprint density at radius 3 is 2.48 bits per heavy atom. The number of hydrogen-bond acceptors (Lipinski definition) is 6. The molecule has 1 N–H and O–H groups in total. The van der Waals surface area contributed by atoms with E-state index in [2.05, 4.69) is 15.5 Å². The van der Waals surface area contributed by atoms with E-state index in [4.69, 9.17) is 0 Å². The van der Waals surface area contributed by atoms with Crippen molar-refractivity contribution in [3.63, 3.8) is 0 Å². The maximum atomic E-state index is 12.9. The van der Waals surface area contributed by atoms with Crippen LogP contribution in [0, 0.1) is 0 Å². The van der Waals surface area contributed by atoms with E-state index in [1.165, 1.54) is 21.7 Å². The predicted molar refractivity (Wildman–Crippen MR) is 106 cm³/mol. The molecule has 7 nitrogen and oxygen atoms in total. The average Bonchev–Trinajstić information content (AvgIpc) is 2.94. The van der Waals surface area contributed by atoms with Crippen molar-refractivity contribution >= 4 is 32.4 Å². The standard InChI is InChI=1S/C18H24N4O3S2/c1-13(2)17-20-21-18(26-17)19-16(23)14-8-7-9-15(12-14)27(24,25)22-10-5-3-4-6-11-22/h7-9,12-13H,3-6,10-11H2,1-2H3,(H,19,21,23). The van der Waals surface area contributed by atoms with Gasteiger partial charge in [0, 0.05) is 24.6 Å². The molecule has 1 saturated heterocycles. The average molecular weight is 409 g/mol. The summed E-state index contributed by atoms with van der Waals surface area (Å²) in [6.07, 6.45) is 3.84. The van der Waals surface area contributed by atoms with Gasteiger partial charge in [-0.2, -0.15) is 4.31 Å². The Bertz CT molecular complexity index is 901. The van der Waals surface area contributed by atoms with E-state index in [0.717, 1.165) is 30.7 Å². The number of anilines is 1. The molecule has 0 saturated carbocycles. The number of carbonyl (C=O) groups excluding carboxylic acids is 1. The quantitative estimate of drug-likeness (QED) is 0.818. The molecule has 0 atom stereocenters. The Hall–Kier alpha value is -1.84. The first-order valence-corrected chi connectivity index (χ1v) is 11.4. The van der Waals surface area contributed by atoms with Crippen LogP contribution in [0.1, 0.15) is 60.8 Å². The third kappa shape index (κ3) is 4.72. The molecule has 0 bridgehead atoms. The molecule has 0 unspecified atom stereocenters. The van der Waals surface area contributed by atoms with E-state index >= 15 is 0 Å². The number of amides is 1. The number of aromatic nitrogens is 2. The van der Waals surface area contributed by atoms with Gasteiger partial charge in [0.15, 0.2) is 0 Å². The number of rotatable bonds is 5. The third-order valence-electron chi connectivity index (χ3n) is 4.45. The van der Waals surface area contributed by atoms with E-state index in [1.807, 2.05) is 13.8 Å². The van der Waals surface area contributed by atoms with Crippen LogP contribution in [0.15, 0.2) is 29.2 Å². The van der Waals surface area contributed by atoms with E-state index < -0.39 is 15.9 Å². The Labute approximate surface area is 163 Å². The molecular formula is C18H24N4O3S2. The number of nitrogens with one attached hydrogen (secondary N) is 1. The highest BCUT2D eigenvalue weighted by atomic mass is 32.2. The lowest BCUT2D eigenvalue weighted by Crippen LogP contribution is -2.32. The van der Waals surface area contributed by atoms with Crippen LogP contribution < -0.4 is 5.32 Å². The summed E-state index contributed by atoms with van der Waals surface area (Å²) in [4.78, 5) is 12.7. The Morgan fingerprint density at radius 1 is 1.15 bits per heavy atom. The number of sulfonamides is 1. The SMILES string of the molecule is CC(C)c1nnc(NC(=O)c2cccc(S(=O)(=O)N3CCCCCC3)c2)s1. The van der Waals surface area contributed by atoms with Crippen molar-refractivity contribution in [2.24, 2.45) is 0 Å². The summed E-state index contributed by atoms with van der Waals surface area (Å²) < 4.78 is 27.4. The summed E-state index contributed by atoms with van der Waals surface area (Å²) in [5.74, 6) is -0.162. The Morgan fingerprint density at radius 2 is 1.85 bits per heavy atom. The van der Waals surface area contributed by atoms with Gasteiger partial charge in [-0.15, -0.1) is 10.2 Å². The molecule has 0 aliphatic carbocycles. The van der Waals surface area contributed by atoms with Crippen LogP contribution in [0.5, 0.6) is 0 Å². The number of hydrogen-bond donors (Lipinski definition) is 1. The highest BCUT2D eigenvalue weighted by molar-refractivity contribution is 7.89. The number of nitrogens with zero attached hydrogens (tertiary/aromatic N) is 3. The smallest absolute Gasteiger partial charge is 0.257 e. The summed E-state index contributed by atoms with van der Waals surface area (Å²) in [5.41, 5.74) is 0.284. The molecule has 1 aliphatic rings. The summed E-state index contributed by atoms with van der Waals surface area (Å²) in [6.45, 7) is 5.07. The molecule has 9 heteroatoms. The first-order chi connectivity index (χ1) is 12.9. The van der Waals surface area contributed by atoms with Gasteiger partial charge in [-0.3, -0.25) is 10.1 Å². The molecule has 1 fully saturated rings. The third-order valence-corrected chi connectivity index (χ3v) is 7.49. The molecule has 2 heterocycles. The van der Waals surface area contributed by atoms with Gasteiger partial charge in [0.2, 0.25) is 15.2 Å². The fourth-order valence-corrected chi connectivity index (χ4v) is 5.22. The largest absolute Gasteiger partial charge is 0.296 e. The van der Waals surface area contributed by atoms with E-state index in [9.17, 15) is 13.2 Å². The summed E-state index contributed by atoms with van der Waals surface area (Å²) >= 11 is 1.32. The fourth-order valence-electron chi connectivity index (χ4n) is 2.92. The van der Waals surface area contributed by atoms with E-state index in [1.54, 1.807) is 18.2 Å². The monoisotopic (exact) mass is 408 g/mol. The lowest BCUT2D eigenvalue weighted by atomic mass is 10.2. The zero-order chi connectivity index (χ0) is 19.4. The van der Waals surface area contributed by atoms with Crippen molar-refractivity contribution in [3.8, 4) is 0 Å². The van der Waals surface area contributed by atoms with E-state index in [-0.39, 0.29) is 16.4 Å². The van der Waals surface area contributed by atoms with Gasteiger partial charge in [0.25, 0.3) is 5.91 Å². The van der Waals surface area contributed by atoms with Gasteiger partial charge in [0.05, 0.1) is 4.90 Å². The summed E-state index contributed by atoms with van der Waals surface area (Å²) in [5, 5.41) is 12.0. The summed E-state index contributed by atoms with van der Waals surface area (Å²) in [6, 6.07) is 6.17. The van der Waals surface area contributed by atoms with Crippen LogP contribution in [0.3, 0.4) is 0 Å². The minimum atomic E-state index is -3.59. The number of benzene rings is 1. The highest BCUT2D eigenvalue weighted by Gasteiger charge is 2.26. The molecule has 27 heavy (non-hydrogen) atoms. The molecule has 1 aromatic heterocycles. The van der Waals surface area contributed by atoms with Crippen molar-refractivity contribution in [3.05, 3.63) is 34.8 Å². The molecule has 3 rings (SSSR count).